The Morgan fingerprint density at radius 3 is 2.68 bits per heavy atom. The molecule has 222 valence electrons. The molecule has 5 atom stereocenters. The van der Waals surface area contributed by atoms with Gasteiger partial charge in [0.15, 0.2) is 0 Å². The Morgan fingerprint density at radius 2 is 1.95 bits per heavy atom. The van der Waals surface area contributed by atoms with Crippen molar-refractivity contribution >= 4 is 11.8 Å². The van der Waals surface area contributed by atoms with E-state index in [-0.39, 0.29) is 61.0 Å². The van der Waals surface area contributed by atoms with Gasteiger partial charge >= 0.3 is 0 Å². The molecule has 0 aromatic heterocycles. The number of aliphatic hydroxyl groups is 1. The molecule has 2 fully saturated rings. The zero-order valence-corrected chi connectivity index (χ0v) is 24.7. The van der Waals surface area contributed by atoms with Gasteiger partial charge in [-0.05, 0) is 64.2 Å². The second-order valence-corrected chi connectivity index (χ2v) is 13.0. The number of ether oxygens (including phenoxy) is 1. The van der Waals surface area contributed by atoms with Gasteiger partial charge in [0.25, 0.3) is 0 Å². The van der Waals surface area contributed by atoms with E-state index < -0.39 is 47.5 Å². The van der Waals surface area contributed by atoms with Gasteiger partial charge < -0.3 is 25.4 Å². The molecule has 8 heteroatoms. The molecule has 5 rings (SSSR count). The fraction of sp³-hybridized carbons (Fsp3) is 0.576. The van der Waals surface area contributed by atoms with Gasteiger partial charge in [0.05, 0.1) is 25.1 Å². The summed E-state index contributed by atoms with van der Waals surface area (Å²) >= 11 is 0. The van der Waals surface area contributed by atoms with E-state index in [9.17, 15) is 14.7 Å². The first-order valence-electron chi connectivity index (χ1n) is 17.1. The number of rotatable bonds is 8. The average Bonchev–Trinajstić information content (AvgIpc) is 3.45. The zero-order chi connectivity index (χ0) is 33.7. The minimum atomic E-state index is -1.04. The van der Waals surface area contributed by atoms with Crippen molar-refractivity contribution in [2.24, 2.45) is 5.92 Å². The minimum absolute atomic E-state index is 0.0300. The predicted octanol–water partition coefficient (Wildman–Crippen LogP) is 3.05. The molecule has 8 nitrogen and oxygen atoms in total. The molecule has 0 unspecified atom stereocenters. The van der Waals surface area contributed by atoms with Crippen LogP contribution in [0.3, 0.4) is 0 Å². The summed E-state index contributed by atoms with van der Waals surface area (Å²) in [4.78, 5) is 31.5. The molecule has 0 saturated carbocycles. The molecule has 2 saturated heterocycles. The highest BCUT2D eigenvalue weighted by Gasteiger charge is 2.54. The van der Waals surface area contributed by atoms with Crippen LogP contribution in [0.25, 0.3) is 0 Å². The smallest absolute Gasteiger partial charge is 0.239 e. The number of fused-ring (bicyclic) bond motifs is 3. The Kier molecular flexibility index (Phi) is 6.86. The first kappa shape index (κ1) is 23.7. The number of hydrogen-bond donors (Lipinski definition) is 3. The Labute approximate surface area is 251 Å². The summed E-state index contributed by atoms with van der Waals surface area (Å²) in [6, 6.07) is 4.90. The van der Waals surface area contributed by atoms with Crippen molar-refractivity contribution in [2.75, 3.05) is 26.2 Å². The Balaban J connectivity index is 1.46. The van der Waals surface area contributed by atoms with E-state index in [0.29, 0.717) is 26.1 Å². The van der Waals surface area contributed by atoms with E-state index in [1.807, 2.05) is 63.8 Å². The first-order valence-corrected chi connectivity index (χ1v) is 14.6. The van der Waals surface area contributed by atoms with Gasteiger partial charge in [0, 0.05) is 44.1 Å². The van der Waals surface area contributed by atoms with Crippen LogP contribution in [-0.2, 0) is 27.2 Å². The molecule has 0 radical (unpaired) electrons. The largest absolute Gasteiger partial charge is 0.392 e. The molecule has 2 aromatic rings. The summed E-state index contributed by atoms with van der Waals surface area (Å²) in [5, 5.41) is 17.8. The number of nitrogens with one attached hydrogen (secondary N) is 2. The normalized spacial score (nSPS) is 27.0. The number of benzene rings is 2. The van der Waals surface area contributed by atoms with E-state index in [4.69, 9.17) is 11.6 Å². The van der Waals surface area contributed by atoms with Gasteiger partial charge in [-0.15, -0.1) is 0 Å². The van der Waals surface area contributed by atoms with Crippen LogP contribution in [0.15, 0.2) is 54.5 Å². The lowest BCUT2D eigenvalue weighted by Gasteiger charge is -2.39. The lowest BCUT2D eigenvalue weighted by atomic mass is 9.90. The van der Waals surface area contributed by atoms with Crippen LogP contribution in [-0.4, -0.2) is 82.4 Å². The molecule has 3 N–H and O–H groups in total. The lowest BCUT2D eigenvalue weighted by Crippen LogP contribution is -2.61. The fourth-order valence-electron chi connectivity index (χ4n) is 6.56. The minimum Gasteiger partial charge on any atom is -0.392 e. The van der Waals surface area contributed by atoms with Gasteiger partial charge in [-0.3, -0.25) is 14.5 Å². The van der Waals surface area contributed by atoms with Crippen LogP contribution >= 0.6 is 0 Å². The van der Waals surface area contributed by atoms with Crippen molar-refractivity contribution in [2.45, 2.75) is 89.4 Å². The molecular weight excluding hydrogens is 516 g/mol. The number of nitrogens with zero attached hydrogens (tertiary/aromatic N) is 2. The van der Waals surface area contributed by atoms with Gasteiger partial charge in [0.1, 0.15) is 11.8 Å². The van der Waals surface area contributed by atoms with Crippen LogP contribution < -0.4 is 10.6 Å². The highest BCUT2D eigenvalue weighted by Crippen LogP contribution is 2.49. The third kappa shape index (κ3) is 6.67. The number of aliphatic hydroxyl groups excluding tert-OH is 1. The number of β-amino-alcohol motifs (C(OH)–C–C–N with tert-alkyl or cyclic N) is 1. The molecule has 3 aliphatic rings. The van der Waals surface area contributed by atoms with Crippen LogP contribution in [0.1, 0.15) is 70.6 Å². The molecule has 2 aliphatic heterocycles. The molecule has 41 heavy (non-hydrogen) atoms. The van der Waals surface area contributed by atoms with Crippen LogP contribution in [0.5, 0.6) is 0 Å². The number of carbonyl (C=O) groups excluding carboxylic acids is 2. The number of hydrogen-bond acceptors (Lipinski definition) is 6. The fourth-order valence-corrected chi connectivity index (χ4v) is 6.56. The average molecular weight is 568 g/mol. The SMILES string of the molecule is [2H]c1c([2H])c([2H])c(C[C@H](C[C@H](O)CN2CCNC[C@H]2C(=O)NC(C)(C)C)C(=O)N2[C@H]3c4ccccc4C[C@H]3OC2(C)C)c([2H])c1[2H]. The monoisotopic (exact) mass is 567 g/mol. The van der Waals surface area contributed by atoms with E-state index in [2.05, 4.69) is 10.6 Å². The van der Waals surface area contributed by atoms with E-state index >= 15 is 0 Å². The molecule has 2 heterocycles. The lowest BCUT2D eigenvalue weighted by molar-refractivity contribution is -0.153. The Morgan fingerprint density at radius 1 is 1.22 bits per heavy atom. The van der Waals surface area contributed by atoms with Gasteiger partial charge in [0.2, 0.25) is 11.8 Å². The second kappa shape index (κ2) is 11.8. The summed E-state index contributed by atoms with van der Waals surface area (Å²) in [5.74, 6) is -1.40. The van der Waals surface area contributed by atoms with E-state index in [1.54, 1.807) is 4.90 Å². The summed E-state index contributed by atoms with van der Waals surface area (Å²) in [6.45, 7) is 11.1. The quantitative estimate of drug-likeness (QED) is 0.454. The van der Waals surface area contributed by atoms with Crippen molar-refractivity contribution in [3.8, 4) is 0 Å². The van der Waals surface area contributed by atoms with Crippen molar-refractivity contribution in [3.63, 3.8) is 0 Å². The van der Waals surface area contributed by atoms with E-state index in [0.717, 1.165) is 11.1 Å². The van der Waals surface area contributed by atoms with Gasteiger partial charge in [-0.1, -0.05) is 54.5 Å². The summed E-state index contributed by atoms with van der Waals surface area (Å²) in [7, 11) is 0. The topological polar surface area (TPSA) is 94.1 Å². The number of piperazine rings is 1. The van der Waals surface area contributed by atoms with E-state index in [1.165, 1.54) is 0 Å². The van der Waals surface area contributed by atoms with Crippen molar-refractivity contribution < 1.29 is 26.3 Å². The van der Waals surface area contributed by atoms with Crippen molar-refractivity contribution in [3.05, 3.63) is 71.2 Å². The molecular formula is C33H46N4O4. The third-order valence-corrected chi connectivity index (χ3v) is 8.19. The maximum absolute atomic E-state index is 14.7. The van der Waals surface area contributed by atoms with Crippen LogP contribution in [0.2, 0.25) is 0 Å². The Hall–Kier alpha value is -2.78. The maximum Gasteiger partial charge on any atom is 0.239 e. The number of carbonyl (C=O) groups is 2. The Bertz CT molecular complexity index is 1470. The van der Waals surface area contributed by atoms with Crippen molar-refractivity contribution in [1.29, 1.82) is 0 Å². The summed E-state index contributed by atoms with van der Waals surface area (Å²) < 4.78 is 48.0. The van der Waals surface area contributed by atoms with Crippen molar-refractivity contribution in [1.82, 2.24) is 20.4 Å². The summed E-state index contributed by atoms with van der Waals surface area (Å²) in [6.07, 6.45) is -0.826. The molecule has 0 bridgehead atoms. The molecule has 1 aliphatic carbocycles. The third-order valence-electron chi connectivity index (χ3n) is 8.19. The number of amides is 2. The second-order valence-electron chi connectivity index (χ2n) is 13.0. The molecule has 2 aromatic carbocycles. The van der Waals surface area contributed by atoms with Gasteiger partial charge in [-0.25, -0.2) is 0 Å². The predicted molar refractivity (Wildman–Crippen MR) is 159 cm³/mol. The standard InChI is InChI=1S/C33H46N4O4/c1-32(2,3)35-30(39)27-20-34-15-16-36(27)21-25(38)18-24(17-22-11-7-6-8-12-22)31(40)37-29-26-14-10-9-13-23(26)19-28(29)41-33(37,4)5/h6-14,24-25,27-29,34,38H,15-21H2,1-5H3,(H,35,39)/t24-,25+,27+,28-,29+/m1/s1/i6D,7D,8D,11D,12D. The highest BCUT2D eigenvalue weighted by atomic mass is 16.5. The van der Waals surface area contributed by atoms with Crippen LogP contribution in [0, 0.1) is 5.92 Å². The maximum atomic E-state index is 14.7. The molecule has 0 spiro atoms. The van der Waals surface area contributed by atoms with Gasteiger partial charge in [-0.2, -0.15) is 0 Å². The summed E-state index contributed by atoms with van der Waals surface area (Å²) in [5.41, 5.74) is 0.731. The highest BCUT2D eigenvalue weighted by molar-refractivity contribution is 5.83. The molecule has 2 amide bonds. The van der Waals surface area contributed by atoms with Crippen LogP contribution in [0.4, 0.5) is 0 Å². The zero-order valence-electron chi connectivity index (χ0n) is 29.7. The first-order chi connectivity index (χ1) is 21.5.